The van der Waals surface area contributed by atoms with Gasteiger partial charge >= 0.3 is 24.1 Å². The fraction of sp³-hybridized carbons (Fsp3) is 0.588. The summed E-state index contributed by atoms with van der Waals surface area (Å²) in [7, 11) is 0. The van der Waals surface area contributed by atoms with E-state index in [0.717, 1.165) is 89.1 Å². The van der Waals surface area contributed by atoms with E-state index in [2.05, 4.69) is 233 Å². The molecule has 8 rings (SSSR count). The van der Waals surface area contributed by atoms with Crippen LogP contribution in [0.5, 0.6) is 5.75 Å². The van der Waals surface area contributed by atoms with E-state index in [-0.39, 0.29) is 25.5 Å². The molecule has 10 heteroatoms. The number of esters is 3. The third kappa shape index (κ3) is 64.4. The monoisotopic (exact) mass is 1930 g/mol. The van der Waals surface area contributed by atoms with Crippen LogP contribution in [0.3, 0.4) is 0 Å². The second kappa shape index (κ2) is 86.5. The lowest BCUT2D eigenvalue weighted by Crippen LogP contribution is -2.21. The largest absolute Gasteiger partial charge is 0.494 e. The van der Waals surface area contributed by atoms with Crippen LogP contribution in [0.15, 0.2) is 208 Å². The first-order chi connectivity index (χ1) is 69.1. The highest BCUT2D eigenvalue weighted by molar-refractivity contribution is 5.82. The SMILES string of the molecule is C=C(C)CCCCCCOc1ccc(-c2ccc(CCCCCCCCCCCC)c(C)c2)cc1.C=CC(=O)OCCCCCCCCCc1ccc(-c2ccc(CCCCCCC)c(C)c2)cc1.C=CC(=O)OCCCCCCCCCc1ccc(-c2ccc(CCCCCCCC)cc2)cc1.C=CC(=O)OCCCCCCCCCc1ccc(C2CCC(OCCCCCCCC)CC2)cc1.O=C=O.[HH]. The van der Waals surface area contributed by atoms with Crippen molar-refractivity contribution in [2.75, 3.05) is 33.0 Å². The summed E-state index contributed by atoms with van der Waals surface area (Å²) in [5, 5.41) is 0. The summed E-state index contributed by atoms with van der Waals surface area (Å²) in [4.78, 5) is 49.2. The van der Waals surface area contributed by atoms with Gasteiger partial charge in [-0.05, 0) is 270 Å². The highest BCUT2D eigenvalue weighted by atomic mass is 16.5. The number of aryl methyl sites for hydroxylation is 8. The maximum absolute atomic E-state index is 11.0. The molecule has 7 aromatic carbocycles. The molecule has 0 radical (unpaired) electrons. The molecule has 0 heterocycles. The van der Waals surface area contributed by atoms with Gasteiger partial charge in [0.2, 0.25) is 0 Å². The minimum atomic E-state index is -0.315. The molecule has 141 heavy (non-hydrogen) atoms. The molecule has 0 atom stereocenters. The molecule has 0 aromatic heterocycles. The summed E-state index contributed by atoms with van der Waals surface area (Å²) in [5.74, 6) is 0.756. The molecule has 1 fully saturated rings. The molecule has 0 saturated heterocycles. The van der Waals surface area contributed by atoms with Gasteiger partial charge < -0.3 is 23.7 Å². The third-order valence-corrected chi connectivity index (χ3v) is 27.9. The van der Waals surface area contributed by atoms with Crippen LogP contribution in [-0.2, 0) is 81.4 Å². The van der Waals surface area contributed by atoms with Crippen molar-refractivity contribution in [3.8, 4) is 39.1 Å². The molecule has 782 valence electrons. The smallest absolute Gasteiger partial charge is 0.373 e. The summed E-state index contributed by atoms with van der Waals surface area (Å²) in [6, 6.07) is 59.6. The van der Waals surface area contributed by atoms with Gasteiger partial charge in [-0.3, -0.25) is 0 Å². The maximum atomic E-state index is 11.0. The summed E-state index contributed by atoms with van der Waals surface area (Å²) >= 11 is 0. The second-order valence-corrected chi connectivity index (χ2v) is 40.2. The lowest BCUT2D eigenvalue weighted by atomic mass is 9.82. The Morgan fingerprint density at radius 2 is 0.553 bits per heavy atom. The van der Waals surface area contributed by atoms with Crippen LogP contribution in [0.4, 0.5) is 0 Å². The van der Waals surface area contributed by atoms with E-state index in [0.29, 0.717) is 25.9 Å². The molecule has 1 saturated carbocycles. The highest BCUT2D eigenvalue weighted by Gasteiger charge is 2.23. The number of ether oxygens (including phenoxy) is 5. The van der Waals surface area contributed by atoms with Crippen LogP contribution in [0, 0.1) is 13.8 Å². The van der Waals surface area contributed by atoms with Crippen molar-refractivity contribution in [3.63, 3.8) is 0 Å². The van der Waals surface area contributed by atoms with Crippen molar-refractivity contribution in [1.29, 1.82) is 0 Å². The molecule has 1 aliphatic rings. The van der Waals surface area contributed by atoms with Gasteiger partial charge in [-0.15, -0.1) is 6.58 Å². The van der Waals surface area contributed by atoms with E-state index in [1.165, 1.54) is 448 Å². The van der Waals surface area contributed by atoms with Crippen molar-refractivity contribution in [2.24, 2.45) is 0 Å². The van der Waals surface area contributed by atoms with Crippen LogP contribution in [0.25, 0.3) is 33.4 Å². The van der Waals surface area contributed by atoms with Crippen molar-refractivity contribution >= 4 is 24.1 Å². The van der Waals surface area contributed by atoms with E-state index >= 15 is 0 Å². The third-order valence-electron chi connectivity index (χ3n) is 27.9. The van der Waals surface area contributed by atoms with Gasteiger partial charge in [0.15, 0.2) is 0 Å². The Morgan fingerprint density at radius 3 is 0.851 bits per heavy atom. The molecule has 0 spiro atoms. The van der Waals surface area contributed by atoms with Gasteiger partial charge in [-0.2, -0.15) is 9.59 Å². The zero-order valence-electron chi connectivity index (χ0n) is 90.4. The van der Waals surface area contributed by atoms with Crippen molar-refractivity contribution in [1.82, 2.24) is 0 Å². The second-order valence-electron chi connectivity index (χ2n) is 40.2. The van der Waals surface area contributed by atoms with E-state index < -0.39 is 0 Å². The Kier molecular flexibility index (Phi) is 76.3. The fourth-order valence-electron chi connectivity index (χ4n) is 18.8. The lowest BCUT2D eigenvalue weighted by Gasteiger charge is -2.29. The molecule has 0 unspecified atom stereocenters. The number of hydrogen-bond donors (Lipinski definition) is 0. The van der Waals surface area contributed by atoms with Gasteiger partial charge in [-0.25, -0.2) is 14.4 Å². The van der Waals surface area contributed by atoms with Crippen LogP contribution in [0.2, 0.25) is 0 Å². The summed E-state index contributed by atoms with van der Waals surface area (Å²) in [6.07, 6.45) is 84.7. The van der Waals surface area contributed by atoms with E-state index in [9.17, 15) is 14.4 Å². The number of allylic oxidation sites excluding steroid dienone is 1. The minimum Gasteiger partial charge on any atom is -0.494 e. The van der Waals surface area contributed by atoms with Crippen molar-refractivity contribution in [2.45, 2.75) is 465 Å². The maximum Gasteiger partial charge on any atom is 0.373 e. The quantitative estimate of drug-likeness (QED) is 0.0119. The zero-order chi connectivity index (χ0) is 102. The molecule has 1 aliphatic carbocycles. The molecular weight excluding hydrogens is 1730 g/mol. The predicted octanol–water partition coefficient (Wildman–Crippen LogP) is 38.2. The van der Waals surface area contributed by atoms with Gasteiger partial charge in [0, 0.05) is 26.3 Å². The first-order valence-electron chi connectivity index (χ1n) is 57.0. The normalized spacial score (nSPS) is 12.5. The molecule has 0 aliphatic heterocycles. The van der Waals surface area contributed by atoms with Gasteiger partial charge in [0.1, 0.15) is 5.75 Å². The summed E-state index contributed by atoms with van der Waals surface area (Å²) in [6.45, 7) is 33.3. The molecule has 7 aromatic rings. The standard InChI is InChI=1S/C34H52O.C32H52O3.2C32H46O2.CO2.H2/c1-5-6-7-8-9-10-11-12-13-17-20-31-21-22-33(28-30(31)4)32-23-25-34(26-24-32)35-27-18-15-14-16-19-29(2)3;1-3-5-6-7-12-15-26-34-31-24-22-30(23-25-31)29-20-18-28(19-21-29)17-14-11-9-8-10-13-16-27-35-32(33)4-2;1-4-6-7-11-15-18-29-23-24-31(26-27(29)3)30-21-19-28(20-22-30)17-14-12-9-8-10-13-16-25-34-32(33)5-2;1-3-5-6-7-11-14-17-28-19-23-30(24-20-28)31-25-21-29(22-26-31)18-15-12-9-8-10-13-16-27-34-32(33)4-2;2-1-3;/h21-26,28H,2,5-20,27H2,1,3-4H3;4,18-21,30-31H,2-3,5-17,22-27H2,1H3;5,19-24,26H,2,4,6-18,25H2,1,3H3;4,19-26H,2-3,5-18,27H2,1H3;;1H. The van der Waals surface area contributed by atoms with Crippen LogP contribution in [0.1, 0.15) is 458 Å². The van der Waals surface area contributed by atoms with Gasteiger partial charge in [-0.1, -0.05) is 455 Å². The molecule has 0 bridgehead atoms. The number of hydrogen-bond acceptors (Lipinski definition) is 10. The fourth-order valence-corrected chi connectivity index (χ4v) is 18.8. The Hall–Kier alpha value is -8.95. The first kappa shape index (κ1) is 124. The number of unbranched alkanes of at least 4 members (excludes halogenated alkanes) is 44. The van der Waals surface area contributed by atoms with E-state index in [4.69, 9.17) is 33.3 Å². The molecule has 10 nitrogen and oxygen atoms in total. The molecular formula is C131H198O10. The Bertz CT molecular complexity index is 4300. The molecule has 0 amide bonds. The predicted molar refractivity (Wildman–Crippen MR) is 603 cm³/mol. The lowest BCUT2D eigenvalue weighted by molar-refractivity contribution is -0.191. The topological polar surface area (TPSA) is 132 Å². The number of carbonyl (C=O) groups is 3. The highest BCUT2D eigenvalue weighted by Crippen LogP contribution is 2.36. The summed E-state index contributed by atoms with van der Waals surface area (Å²) < 4.78 is 27.1. The number of carbonyl (C=O) groups excluding carboxylic acids is 5. The average molecular weight is 1930 g/mol. The van der Waals surface area contributed by atoms with E-state index in [1.54, 1.807) is 0 Å². The first-order valence-corrected chi connectivity index (χ1v) is 57.0. The Labute approximate surface area is 862 Å². The Morgan fingerprint density at radius 1 is 0.305 bits per heavy atom. The Balaban J connectivity index is 0.000000481. The number of rotatable bonds is 77. The zero-order valence-corrected chi connectivity index (χ0v) is 90.4. The van der Waals surface area contributed by atoms with Crippen LogP contribution >= 0.6 is 0 Å². The van der Waals surface area contributed by atoms with Gasteiger partial charge in [0.25, 0.3) is 0 Å². The minimum absolute atomic E-state index is 0. The summed E-state index contributed by atoms with van der Waals surface area (Å²) in [5.41, 5.74) is 22.4. The van der Waals surface area contributed by atoms with Gasteiger partial charge in [0.05, 0.1) is 32.5 Å². The van der Waals surface area contributed by atoms with Crippen LogP contribution in [-0.4, -0.2) is 63.2 Å². The van der Waals surface area contributed by atoms with E-state index in [1.807, 2.05) is 0 Å². The van der Waals surface area contributed by atoms with Crippen molar-refractivity contribution in [3.05, 3.63) is 258 Å². The number of benzene rings is 7. The molecule has 0 N–H and O–H groups in total. The average Bonchev–Trinajstić information content (AvgIpc) is 0.814. The van der Waals surface area contributed by atoms with Crippen LogP contribution < -0.4 is 4.74 Å². The van der Waals surface area contributed by atoms with Crippen molar-refractivity contribution < 1.29 is 49.1 Å².